The van der Waals surface area contributed by atoms with Gasteiger partial charge in [0.1, 0.15) is 12.9 Å². The van der Waals surface area contributed by atoms with Crippen LogP contribution in [0.4, 0.5) is 5.95 Å². The molecule has 17 heavy (non-hydrogen) atoms. The Morgan fingerprint density at radius 3 is 2.88 bits per heavy atom. The Bertz CT molecular complexity index is 370. The van der Waals surface area contributed by atoms with Gasteiger partial charge < -0.3 is 11.1 Å². The molecule has 1 fully saturated rings. The first-order valence-corrected chi connectivity index (χ1v) is 6.15. The molecular formula is C11H19N5O. The van der Waals surface area contributed by atoms with Crippen molar-refractivity contribution in [1.29, 1.82) is 0 Å². The molecule has 1 aromatic heterocycles. The monoisotopic (exact) mass is 237 g/mol. The van der Waals surface area contributed by atoms with Gasteiger partial charge in [-0.2, -0.15) is 0 Å². The average molecular weight is 237 g/mol. The molecule has 2 rings (SSSR count). The van der Waals surface area contributed by atoms with Gasteiger partial charge in [0.2, 0.25) is 11.9 Å². The second-order valence-corrected chi connectivity index (χ2v) is 4.61. The van der Waals surface area contributed by atoms with Gasteiger partial charge in [0.05, 0.1) is 0 Å². The minimum absolute atomic E-state index is 0.0273. The Labute approximate surface area is 101 Å². The summed E-state index contributed by atoms with van der Waals surface area (Å²) in [5.41, 5.74) is 5.37. The maximum absolute atomic E-state index is 11.6. The van der Waals surface area contributed by atoms with E-state index in [1.165, 1.54) is 43.1 Å². The molecule has 1 amide bonds. The molecule has 6 heteroatoms. The van der Waals surface area contributed by atoms with Crippen LogP contribution in [0.5, 0.6) is 0 Å². The fourth-order valence-corrected chi connectivity index (χ4v) is 2.24. The summed E-state index contributed by atoms with van der Waals surface area (Å²) in [4.78, 5) is 15.4. The SMILES string of the molecule is Nc1ncn(CC(=O)NCC2CCCCC2)n1. The number of amides is 1. The lowest BCUT2D eigenvalue weighted by Crippen LogP contribution is -2.32. The predicted octanol–water partition coefficient (Wildman–Crippen LogP) is 0.557. The lowest BCUT2D eigenvalue weighted by molar-refractivity contribution is -0.122. The van der Waals surface area contributed by atoms with Crippen molar-refractivity contribution >= 4 is 11.9 Å². The van der Waals surface area contributed by atoms with E-state index in [4.69, 9.17) is 5.73 Å². The van der Waals surface area contributed by atoms with Gasteiger partial charge in [-0.15, -0.1) is 5.10 Å². The molecule has 1 aliphatic carbocycles. The van der Waals surface area contributed by atoms with Crippen LogP contribution in [-0.2, 0) is 11.3 Å². The maximum atomic E-state index is 11.6. The van der Waals surface area contributed by atoms with Crippen LogP contribution in [0.15, 0.2) is 6.33 Å². The van der Waals surface area contributed by atoms with Crippen LogP contribution in [0.1, 0.15) is 32.1 Å². The Kier molecular flexibility index (Phi) is 3.95. The van der Waals surface area contributed by atoms with E-state index >= 15 is 0 Å². The van der Waals surface area contributed by atoms with Gasteiger partial charge in [-0.05, 0) is 18.8 Å². The number of rotatable bonds is 4. The second-order valence-electron chi connectivity index (χ2n) is 4.61. The van der Waals surface area contributed by atoms with E-state index in [1.54, 1.807) is 0 Å². The first-order chi connectivity index (χ1) is 8.24. The normalized spacial score (nSPS) is 16.9. The average Bonchev–Trinajstić information content (AvgIpc) is 2.73. The van der Waals surface area contributed by atoms with E-state index in [1.807, 2.05) is 0 Å². The molecule has 0 saturated heterocycles. The number of anilines is 1. The summed E-state index contributed by atoms with van der Waals surface area (Å²) < 4.78 is 1.45. The summed E-state index contributed by atoms with van der Waals surface area (Å²) in [6, 6.07) is 0. The van der Waals surface area contributed by atoms with E-state index in [0.717, 1.165) is 6.54 Å². The van der Waals surface area contributed by atoms with Crippen molar-refractivity contribution in [2.75, 3.05) is 12.3 Å². The van der Waals surface area contributed by atoms with Crippen LogP contribution in [-0.4, -0.2) is 27.2 Å². The van der Waals surface area contributed by atoms with Crippen LogP contribution < -0.4 is 11.1 Å². The fraction of sp³-hybridized carbons (Fsp3) is 0.727. The molecule has 0 aromatic carbocycles. The molecule has 1 aromatic rings. The Morgan fingerprint density at radius 1 is 1.47 bits per heavy atom. The molecule has 6 nitrogen and oxygen atoms in total. The third-order valence-electron chi connectivity index (χ3n) is 3.17. The molecule has 94 valence electrons. The van der Waals surface area contributed by atoms with Crippen molar-refractivity contribution in [1.82, 2.24) is 20.1 Å². The summed E-state index contributed by atoms with van der Waals surface area (Å²) in [6.07, 6.45) is 7.85. The van der Waals surface area contributed by atoms with Crippen LogP contribution in [0.25, 0.3) is 0 Å². The highest BCUT2D eigenvalue weighted by Gasteiger charge is 2.14. The highest BCUT2D eigenvalue weighted by Crippen LogP contribution is 2.22. The smallest absolute Gasteiger partial charge is 0.241 e. The summed E-state index contributed by atoms with van der Waals surface area (Å²) >= 11 is 0. The van der Waals surface area contributed by atoms with Gasteiger partial charge in [0.15, 0.2) is 0 Å². The number of hydrogen-bond acceptors (Lipinski definition) is 4. The molecule has 0 unspecified atom stereocenters. The van der Waals surface area contributed by atoms with Crippen LogP contribution >= 0.6 is 0 Å². The van der Waals surface area contributed by atoms with E-state index < -0.39 is 0 Å². The van der Waals surface area contributed by atoms with Gasteiger partial charge in [-0.1, -0.05) is 19.3 Å². The van der Waals surface area contributed by atoms with Crippen LogP contribution in [0.2, 0.25) is 0 Å². The number of carbonyl (C=O) groups is 1. The fourth-order valence-electron chi connectivity index (χ4n) is 2.24. The highest BCUT2D eigenvalue weighted by molar-refractivity contribution is 5.75. The Morgan fingerprint density at radius 2 is 2.24 bits per heavy atom. The van der Waals surface area contributed by atoms with Crippen molar-refractivity contribution in [3.05, 3.63) is 6.33 Å². The molecule has 1 saturated carbocycles. The molecule has 0 atom stereocenters. The number of hydrogen-bond donors (Lipinski definition) is 2. The van der Waals surface area contributed by atoms with Gasteiger partial charge in [-0.25, -0.2) is 9.67 Å². The van der Waals surface area contributed by atoms with Gasteiger partial charge >= 0.3 is 0 Å². The first kappa shape index (κ1) is 11.9. The first-order valence-electron chi connectivity index (χ1n) is 6.15. The third-order valence-corrected chi connectivity index (χ3v) is 3.17. The van der Waals surface area contributed by atoms with Crippen molar-refractivity contribution in [2.24, 2.45) is 5.92 Å². The number of nitrogen functional groups attached to an aromatic ring is 1. The third kappa shape index (κ3) is 3.72. The lowest BCUT2D eigenvalue weighted by atomic mass is 9.89. The number of carbonyl (C=O) groups excluding carboxylic acids is 1. The predicted molar refractivity (Wildman–Crippen MR) is 64.0 cm³/mol. The minimum atomic E-state index is -0.0273. The number of nitrogens with one attached hydrogen (secondary N) is 1. The zero-order chi connectivity index (χ0) is 12.1. The molecule has 3 N–H and O–H groups in total. The molecular weight excluding hydrogens is 218 g/mol. The summed E-state index contributed by atoms with van der Waals surface area (Å²) in [6.45, 7) is 0.972. The van der Waals surface area contributed by atoms with Gasteiger partial charge in [0, 0.05) is 6.54 Å². The van der Waals surface area contributed by atoms with Crippen molar-refractivity contribution in [2.45, 2.75) is 38.6 Å². The molecule has 0 radical (unpaired) electrons. The molecule has 1 aliphatic rings. The molecule has 0 spiro atoms. The second kappa shape index (κ2) is 5.65. The van der Waals surface area contributed by atoms with Crippen molar-refractivity contribution < 1.29 is 4.79 Å². The lowest BCUT2D eigenvalue weighted by Gasteiger charge is -2.21. The minimum Gasteiger partial charge on any atom is -0.367 e. The Balaban J connectivity index is 1.70. The molecule has 1 heterocycles. The molecule has 0 bridgehead atoms. The van der Waals surface area contributed by atoms with Crippen LogP contribution in [0.3, 0.4) is 0 Å². The maximum Gasteiger partial charge on any atom is 0.241 e. The number of aromatic nitrogens is 3. The van der Waals surface area contributed by atoms with Crippen molar-refractivity contribution in [3.63, 3.8) is 0 Å². The highest BCUT2D eigenvalue weighted by atomic mass is 16.2. The van der Waals surface area contributed by atoms with E-state index in [2.05, 4.69) is 15.4 Å². The quantitative estimate of drug-likeness (QED) is 0.801. The van der Waals surface area contributed by atoms with Crippen LogP contribution in [0, 0.1) is 5.92 Å². The van der Waals surface area contributed by atoms with E-state index in [0.29, 0.717) is 5.92 Å². The largest absolute Gasteiger partial charge is 0.367 e. The molecule has 0 aliphatic heterocycles. The zero-order valence-corrected chi connectivity index (χ0v) is 9.93. The van der Waals surface area contributed by atoms with E-state index in [9.17, 15) is 4.79 Å². The number of nitrogens with two attached hydrogens (primary N) is 1. The standard InChI is InChI=1S/C11H19N5O/c12-11-14-8-16(15-11)7-10(17)13-6-9-4-2-1-3-5-9/h8-9H,1-7H2,(H2,12,15)(H,13,17). The zero-order valence-electron chi connectivity index (χ0n) is 9.93. The van der Waals surface area contributed by atoms with Gasteiger partial charge in [-0.3, -0.25) is 4.79 Å². The summed E-state index contributed by atoms with van der Waals surface area (Å²) in [5.74, 6) is 0.819. The number of nitrogens with zero attached hydrogens (tertiary/aromatic N) is 3. The Hall–Kier alpha value is -1.59. The summed E-state index contributed by atoms with van der Waals surface area (Å²) in [5, 5.41) is 6.81. The van der Waals surface area contributed by atoms with Crippen molar-refractivity contribution in [3.8, 4) is 0 Å². The van der Waals surface area contributed by atoms with Gasteiger partial charge in [0.25, 0.3) is 0 Å². The topological polar surface area (TPSA) is 85.8 Å². The summed E-state index contributed by atoms with van der Waals surface area (Å²) in [7, 11) is 0. The van der Waals surface area contributed by atoms with E-state index in [-0.39, 0.29) is 18.4 Å².